The second-order valence-corrected chi connectivity index (χ2v) is 4.70. The average Bonchev–Trinajstić information content (AvgIpc) is 3.04. The predicted octanol–water partition coefficient (Wildman–Crippen LogP) is 1.86. The van der Waals surface area contributed by atoms with E-state index in [1.165, 1.54) is 11.1 Å². The van der Waals surface area contributed by atoms with Crippen molar-refractivity contribution in [2.45, 2.75) is 32.3 Å². The van der Waals surface area contributed by atoms with Gasteiger partial charge in [-0.15, -0.1) is 0 Å². The molecule has 0 amide bonds. The van der Waals surface area contributed by atoms with E-state index in [1.807, 2.05) is 6.07 Å². The fourth-order valence-corrected chi connectivity index (χ4v) is 2.09. The third-order valence-electron chi connectivity index (χ3n) is 3.57. The molecule has 1 unspecified atom stereocenters. The summed E-state index contributed by atoms with van der Waals surface area (Å²) in [5, 5.41) is 10.5. The molecule has 82 valence electrons. The SMILES string of the molecule is Cc1ccc(C(O)(CN)C2CC2)cc1C. The summed E-state index contributed by atoms with van der Waals surface area (Å²) >= 11 is 0. The summed E-state index contributed by atoms with van der Waals surface area (Å²) in [6.07, 6.45) is 2.20. The van der Waals surface area contributed by atoms with E-state index < -0.39 is 5.60 Å². The molecule has 1 aromatic rings. The molecule has 0 saturated heterocycles. The molecule has 0 radical (unpaired) electrons. The molecule has 1 aliphatic rings. The van der Waals surface area contributed by atoms with Gasteiger partial charge in [-0.2, -0.15) is 0 Å². The maximum atomic E-state index is 10.5. The van der Waals surface area contributed by atoms with Crippen molar-refractivity contribution >= 4 is 0 Å². The molecule has 0 bridgehead atoms. The molecular weight excluding hydrogens is 186 g/mol. The zero-order chi connectivity index (χ0) is 11.1. The van der Waals surface area contributed by atoms with Crippen LogP contribution in [0.2, 0.25) is 0 Å². The van der Waals surface area contributed by atoms with Gasteiger partial charge in [0, 0.05) is 6.54 Å². The highest BCUT2D eigenvalue weighted by atomic mass is 16.3. The van der Waals surface area contributed by atoms with Gasteiger partial charge < -0.3 is 10.8 Å². The first-order valence-corrected chi connectivity index (χ1v) is 5.58. The molecule has 0 heterocycles. The van der Waals surface area contributed by atoms with Crippen LogP contribution in [0.25, 0.3) is 0 Å². The van der Waals surface area contributed by atoms with Crippen LogP contribution in [0.4, 0.5) is 0 Å². The fraction of sp³-hybridized carbons (Fsp3) is 0.538. The third-order valence-corrected chi connectivity index (χ3v) is 3.57. The van der Waals surface area contributed by atoms with Crippen LogP contribution < -0.4 is 5.73 Å². The summed E-state index contributed by atoms with van der Waals surface area (Å²) in [4.78, 5) is 0. The van der Waals surface area contributed by atoms with Gasteiger partial charge in [-0.25, -0.2) is 0 Å². The third kappa shape index (κ3) is 1.80. The van der Waals surface area contributed by atoms with Crippen LogP contribution in [-0.4, -0.2) is 11.7 Å². The highest BCUT2D eigenvalue weighted by Crippen LogP contribution is 2.45. The Kier molecular flexibility index (Phi) is 2.57. The largest absolute Gasteiger partial charge is 0.384 e. The van der Waals surface area contributed by atoms with Crippen molar-refractivity contribution < 1.29 is 5.11 Å². The van der Waals surface area contributed by atoms with Crippen LogP contribution in [-0.2, 0) is 5.60 Å². The summed E-state index contributed by atoms with van der Waals surface area (Å²) < 4.78 is 0. The first kappa shape index (κ1) is 10.7. The van der Waals surface area contributed by atoms with Crippen LogP contribution in [0.1, 0.15) is 29.5 Å². The minimum atomic E-state index is -0.793. The van der Waals surface area contributed by atoms with Gasteiger partial charge in [-0.3, -0.25) is 0 Å². The van der Waals surface area contributed by atoms with E-state index >= 15 is 0 Å². The van der Waals surface area contributed by atoms with Crippen molar-refractivity contribution in [1.82, 2.24) is 0 Å². The van der Waals surface area contributed by atoms with E-state index in [-0.39, 0.29) is 0 Å². The summed E-state index contributed by atoms with van der Waals surface area (Å²) in [6, 6.07) is 6.14. The monoisotopic (exact) mass is 205 g/mol. The van der Waals surface area contributed by atoms with Gasteiger partial charge in [0.1, 0.15) is 5.60 Å². The predicted molar refractivity (Wildman–Crippen MR) is 61.6 cm³/mol. The van der Waals surface area contributed by atoms with Gasteiger partial charge in [0.2, 0.25) is 0 Å². The van der Waals surface area contributed by atoms with Crippen LogP contribution >= 0.6 is 0 Å². The Labute approximate surface area is 91.1 Å². The standard InChI is InChI=1S/C13H19NO/c1-9-3-4-12(7-10(9)2)13(15,8-14)11-5-6-11/h3-4,7,11,15H,5-6,8,14H2,1-2H3. The van der Waals surface area contributed by atoms with Crippen LogP contribution in [0.15, 0.2) is 18.2 Å². The second kappa shape index (κ2) is 3.62. The van der Waals surface area contributed by atoms with Crippen molar-refractivity contribution in [3.05, 3.63) is 34.9 Å². The molecule has 2 rings (SSSR count). The Morgan fingerprint density at radius 3 is 2.47 bits per heavy atom. The Balaban J connectivity index is 2.38. The van der Waals surface area contributed by atoms with Gasteiger partial charge >= 0.3 is 0 Å². The molecule has 0 spiro atoms. The van der Waals surface area contributed by atoms with Gasteiger partial charge in [0.15, 0.2) is 0 Å². The van der Waals surface area contributed by atoms with Gasteiger partial charge in [0.05, 0.1) is 0 Å². The zero-order valence-corrected chi connectivity index (χ0v) is 9.46. The van der Waals surface area contributed by atoms with Gasteiger partial charge in [-0.1, -0.05) is 18.2 Å². The number of benzene rings is 1. The van der Waals surface area contributed by atoms with E-state index in [2.05, 4.69) is 26.0 Å². The van der Waals surface area contributed by atoms with Crippen LogP contribution in [0, 0.1) is 19.8 Å². The highest BCUT2D eigenvalue weighted by molar-refractivity contribution is 5.34. The molecule has 2 heteroatoms. The molecule has 3 N–H and O–H groups in total. The van der Waals surface area contributed by atoms with E-state index in [9.17, 15) is 5.11 Å². The molecule has 1 fully saturated rings. The lowest BCUT2D eigenvalue weighted by molar-refractivity contribution is 0.0222. The zero-order valence-electron chi connectivity index (χ0n) is 9.46. The minimum absolute atomic E-state index is 0.320. The molecular formula is C13H19NO. The van der Waals surface area contributed by atoms with Crippen molar-refractivity contribution in [3.63, 3.8) is 0 Å². The van der Waals surface area contributed by atoms with Crippen LogP contribution in [0.3, 0.4) is 0 Å². The van der Waals surface area contributed by atoms with Gasteiger partial charge in [0.25, 0.3) is 0 Å². The molecule has 1 aromatic carbocycles. The highest BCUT2D eigenvalue weighted by Gasteiger charge is 2.44. The maximum Gasteiger partial charge on any atom is 0.105 e. The molecule has 0 aromatic heterocycles. The smallest absolute Gasteiger partial charge is 0.105 e. The summed E-state index contributed by atoms with van der Waals surface area (Å²) in [7, 11) is 0. The lowest BCUT2D eigenvalue weighted by atomic mass is 9.87. The summed E-state index contributed by atoms with van der Waals surface area (Å²) in [5.74, 6) is 0.365. The first-order chi connectivity index (χ1) is 7.08. The lowest BCUT2D eigenvalue weighted by Gasteiger charge is -2.27. The van der Waals surface area contributed by atoms with Crippen molar-refractivity contribution in [1.29, 1.82) is 0 Å². The number of hydrogen-bond acceptors (Lipinski definition) is 2. The Morgan fingerprint density at radius 2 is 2.00 bits per heavy atom. The molecule has 0 aliphatic heterocycles. The summed E-state index contributed by atoms with van der Waals surface area (Å²) in [6.45, 7) is 4.47. The fourth-order valence-electron chi connectivity index (χ4n) is 2.09. The topological polar surface area (TPSA) is 46.2 Å². The Bertz CT molecular complexity index is 371. The number of aryl methyl sites for hydroxylation is 2. The number of nitrogens with two attached hydrogens (primary N) is 1. The van der Waals surface area contributed by atoms with E-state index in [0.717, 1.165) is 18.4 Å². The number of aliphatic hydroxyl groups is 1. The Morgan fingerprint density at radius 1 is 1.33 bits per heavy atom. The van der Waals surface area contributed by atoms with E-state index in [1.54, 1.807) is 0 Å². The molecule has 1 aliphatic carbocycles. The summed E-state index contributed by atoms with van der Waals surface area (Å²) in [5.41, 5.74) is 8.39. The minimum Gasteiger partial charge on any atom is -0.384 e. The van der Waals surface area contributed by atoms with Crippen molar-refractivity contribution in [3.8, 4) is 0 Å². The van der Waals surface area contributed by atoms with E-state index in [0.29, 0.717) is 12.5 Å². The number of hydrogen-bond donors (Lipinski definition) is 2. The second-order valence-electron chi connectivity index (χ2n) is 4.70. The van der Waals surface area contributed by atoms with Crippen molar-refractivity contribution in [2.75, 3.05) is 6.54 Å². The lowest BCUT2D eigenvalue weighted by Crippen LogP contribution is -2.37. The maximum absolute atomic E-state index is 10.5. The molecule has 1 atom stereocenters. The average molecular weight is 205 g/mol. The molecule has 1 saturated carbocycles. The number of rotatable bonds is 3. The first-order valence-electron chi connectivity index (χ1n) is 5.58. The quantitative estimate of drug-likeness (QED) is 0.791. The normalized spacial score (nSPS) is 20.0. The van der Waals surface area contributed by atoms with Crippen LogP contribution in [0.5, 0.6) is 0 Å². The Hall–Kier alpha value is -0.860. The van der Waals surface area contributed by atoms with Crippen molar-refractivity contribution in [2.24, 2.45) is 11.7 Å². The van der Waals surface area contributed by atoms with E-state index in [4.69, 9.17) is 5.73 Å². The molecule has 2 nitrogen and oxygen atoms in total. The molecule has 15 heavy (non-hydrogen) atoms. The van der Waals surface area contributed by atoms with Gasteiger partial charge in [-0.05, 0) is 49.3 Å².